The molecule has 0 spiro atoms. The van der Waals surface area contributed by atoms with Gasteiger partial charge < -0.3 is 5.11 Å². The predicted molar refractivity (Wildman–Crippen MR) is 52.0 cm³/mol. The van der Waals surface area contributed by atoms with E-state index < -0.39 is 6.29 Å². The second-order valence-corrected chi connectivity index (χ2v) is 4.03. The molecule has 1 fully saturated rings. The van der Waals surface area contributed by atoms with Gasteiger partial charge >= 0.3 is 0 Å². The molecule has 70 valence electrons. The lowest BCUT2D eigenvalue weighted by molar-refractivity contribution is -0.103. The van der Waals surface area contributed by atoms with E-state index in [1.807, 2.05) is 12.1 Å². The molecule has 3 nitrogen and oxygen atoms in total. The van der Waals surface area contributed by atoms with Crippen LogP contribution in [0.25, 0.3) is 0 Å². The zero-order valence-corrected chi connectivity index (χ0v) is 8.18. The Balaban J connectivity index is 2.20. The van der Waals surface area contributed by atoms with Crippen LogP contribution in [0.4, 0.5) is 0 Å². The van der Waals surface area contributed by atoms with Crippen LogP contribution in [0.1, 0.15) is 10.8 Å². The molecule has 0 saturated carbocycles. The van der Waals surface area contributed by atoms with E-state index in [1.54, 1.807) is 12.1 Å². The number of rotatable bonds is 1. The minimum atomic E-state index is -0.800. The third-order valence-corrected chi connectivity index (χ3v) is 3.00. The fraction of sp³-hybridized carbons (Fsp3) is 0.250. The smallest absolute Gasteiger partial charge is 0.193 e. The van der Waals surface area contributed by atoms with E-state index >= 15 is 0 Å². The van der Waals surface area contributed by atoms with Crippen molar-refractivity contribution in [1.82, 2.24) is 4.89 Å². The Morgan fingerprint density at radius 3 is 2.62 bits per heavy atom. The Labute approximate surface area is 85.1 Å². The van der Waals surface area contributed by atoms with Gasteiger partial charge in [0.25, 0.3) is 0 Å². The van der Waals surface area contributed by atoms with Crippen molar-refractivity contribution in [2.45, 2.75) is 11.5 Å². The second kappa shape index (κ2) is 3.86. The molecule has 1 aromatic rings. The van der Waals surface area contributed by atoms with Crippen molar-refractivity contribution >= 4 is 23.5 Å². The molecule has 13 heavy (non-hydrogen) atoms. The normalized spacial score (nSPS) is 27.8. The van der Waals surface area contributed by atoms with Gasteiger partial charge in [-0.1, -0.05) is 23.7 Å². The maximum Gasteiger partial charge on any atom is 0.193 e. The van der Waals surface area contributed by atoms with Gasteiger partial charge in [0.1, 0.15) is 0 Å². The predicted octanol–water partition coefficient (Wildman–Crippen LogP) is 1.88. The molecule has 0 aliphatic carbocycles. The van der Waals surface area contributed by atoms with E-state index in [2.05, 4.69) is 4.89 Å². The Morgan fingerprint density at radius 1 is 1.38 bits per heavy atom. The third-order valence-electron chi connectivity index (χ3n) is 1.80. The zero-order valence-electron chi connectivity index (χ0n) is 6.61. The van der Waals surface area contributed by atoms with Crippen LogP contribution in [0.15, 0.2) is 24.3 Å². The van der Waals surface area contributed by atoms with Gasteiger partial charge in [-0.2, -0.15) is 0 Å². The molecule has 2 atom stereocenters. The number of nitrogens with one attached hydrogen (secondary N) is 1. The fourth-order valence-corrected chi connectivity index (χ4v) is 1.98. The first kappa shape index (κ1) is 9.30. The Hall–Kier alpha value is -0.260. The lowest BCUT2D eigenvalue weighted by Gasteiger charge is -2.09. The highest BCUT2D eigenvalue weighted by atomic mass is 35.5. The minimum Gasteiger partial charge on any atom is -0.365 e. The van der Waals surface area contributed by atoms with E-state index in [9.17, 15) is 5.11 Å². The molecule has 1 aliphatic rings. The first-order valence-corrected chi connectivity index (χ1v) is 5.03. The Kier molecular flexibility index (Phi) is 2.76. The quantitative estimate of drug-likeness (QED) is 0.705. The highest BCUT2D eigenvalue weighted by Gasteiger charge is 2.28. The lowest BCUT2D eigenvalue weighted by atomic mass is 10.1. The van der Waals surface area contributed by atoms with Crippen molar-refractivity contribution in [3.05, 3.63) is 34.9 Å². The van der Waals surface area contributed by atoms with Crippen LogP contribution in [-0.4, -0.2) is 11.4 Å². The molecule has 1 heterocycles. The van der Waals surface area contributed by atoms with Crippen LogP contribution < -0.4 is 4.89 Å². The van der Waals surface area contributed by atoms with Crippen molar-refractivity contribution in [3.8, 4) is 0 Å². The molecule has 0 unspecified atom stereocenters. The molecule has 1 saturated heterocycles. The minimum absolute atomic E-state index is 0.0859. The largest absolute Gasteiger partial charge is 0.365 e. The number of halogens is 1. The summed E-state index contributed by atoms with van der Waals surface area (Å²) in [5.41, 5.74) is 0.993. The Bertz CT molecular complexity index is 293. The summed E-state index contributed by atoms with van der Waals surface area (Å²) >= 11 is 7.08. The van der Waals surface area contributed by atoms with E-state index in [0.29, 0.717) is 5.02 Å². The molecular weight excluding hydrogens is 210 g/mol. The molecule has 5 heteroatoms. The van der Waals surface area contributed by atoms with Crippen LogP contribution in [0.5, 0.6) is 0 Å². The molecule has 1 aliphatic heterocycles. The first-order valence-electron chi connectivity index (χ1n) is 3.77. The first-order chi connectivity index (χ1) is 6.27. The van der Waals surface area contributed by atoms with Gasteiger partial charge in [0.05, 0.1) is 5.25 Å². The highest BCUT2D eigenvalue weighted by Crippen LogP contribution is 2.35. The van der Waals surface area contributed by atoms with Crippen molar-refractivity contribution in [3.63, 3.8) is 0 Å². The monoisotopic (exact) mass is 217 g/mol. The van der Waals surface area contributed by atoms with Crippen LogP contribution >= 0.6 is 23.5 Å². The van der Waals surface area contributed by atoms with E-state index in [-0.39, 0.29) is 5.25 Å². The molecule has 0 aromatic heterocycles. The summed E-state index contributed by atoms with van der Waals surface area (Å²) in [6.07, 6.45) is -0.800. The summed E-state index contributed by atoms with van der Waals surface area (Å²) in [4.78, 5) is 7.35. The van der Waals surface area contributed by atoms with Gasteiger partial charge in [-0.15, -0.1) is 4.89 Å². The number of benzene rings is 1. The molecular formula is C8H8ClNO2S. The summed E-state index contributed by atoms with van der Waals surface area (Å²) in [5, 5.41) is 9.98. The number of aliphatic hydroxyl groups is 1. The summed E-state index contributed by atoms with van der Waals surface area (Å²) in [5.74, 6) is 0. The average molecular weight is 218 g/mol. The van der Waals surface area contributed by atoms with Crippen LogP contribution in [-0.2, 0) is 4.84 Å². The molecule has 1 aromatic carbocycles. The number of hydrogen-bond acceptors (Lipinski definition) is 4. The number of hydrogen-bond donors (Lipinski definition) is 2. The van der Waals surface area contributed by atoms with Crippen molar-refractivity contribution in [2.24, 2.45) is 0 Å². The topological polar surface area (TPSA) is 41.5 Å². The van der Waals surface area contributed by atoms with Gasteiger partial charge in [0, 0.05) is 5.02 Å². The van der Waals surface area contributed by atoms with Crippen LogP contribution in [0.3, 0.4) is 0 Å². The Morgan fingerprint density at radius 2 is 2.08 bits per heavy atom. The van der Waals surface area contributed by atoms with Crippen molar-refractivity contribution in [1.29, 1.82) is 0 Å². The van der Waals surface area contributed by atoms with E-state index in [0.717, 1.165) is 5.56 Å². The molecule has 0 amide bonds. The standard InChI is InChI=1S/C8H8ClNO2S/c9-6-3-1-5(2-4-6)7-8(11)12-10-13-7/h1-4,7-8,10-11H/t7-,8-/m0/s1. The van der Waals surface area contributed by atoms with Gasteiger partial charge in [-0.3, -0.25) is 4.84 Å². The lowest BCUT2D eigenvalue weighted by Crippen LogP contribution is -2.12. The van der Waals surface area contributed by atoms with Crippen LogP contribution in [0, 0.1) is 0 Å². The molecule has 2 N–H and O–H groups in total. The maximum atomic E-state index is 9.37. The van der Waals surface area contributed by atoms with E-state index in [1.165, 1.54) is 11.9 Å². The maximum absolute atomic E-state index is 9.37. The average Bonchev–Trinajstić information content (AvgIpc) is 2.53. The second-order valence-electron chi connectivity index (χ2n) is 2.68. The summed E-state index contributed by atoms with van der Waals surface area (Å²) < 4.78 is 0. The van der Waals surface area contributed by atoms with Gasteiger partial charge in [-0.25, -0.2) is 0 Å². The van der Waals surface area contributed by atoms with Crippen molar-refractivity contribution < 1.29 is 9.94 Å². The third kappa shape index (κ3) is 1.98. The summed E-state index contributed by atoms with van der Waals surface area (Å²) in [7, 11) is 0. The summed E-state index contributed by atoms with van der Waals surface area (Å²) in [6.45, 7) is 0. The van der Waals surface area contributed by atoms with Crippen LogP contribution in [0.2, 0.25) is 5.02 Å². The number of aliphatic hydroxyl groups excluding tert-OH is 1. The zero-order chi connectivity index (χ0) is 9.26. The molecule has 0 radical (unpaired) electrons. The van der Waals surface area contributed by atoms with E-state index in [4.69, 9.17) is 16.4 Å². The molecule has 2 rings (SSSR count). The SMILES string of the molecule is O[C@H]1ONS[C@H]1c1ccc(Cl)cc1. The van der Waals surface area contributed by atoms with Gasteiger partial charge in [0.2, 0.25) is 0 Å². The van der Waals surface area contributed by atoms with Gasteiger partial charge in [0.15, 0.2) is 6.29 Å². The van der Waals surface area contributed by atoms with Crippen molar-refractivity contribution in [2.75, 3.05) is 0 Å². The highest BCUT2D eigenvalue weighted by molar-refractivity contribution is 7.97. The van der Waals surface area contributed by atoms with Gasteiger partial charge in [-0.05, 0) is 29.6 Å². The fourth-order valence-electron chi connectivity index (χ4n) is 1.13. The summed E-state index contributed by atoms with van der Waals surface area (Å²) in [6, 6.07) is 7.34. The molecule has 0 bridgehead atoms.